The van der Waals surface area contributed by atoms with E-state index in [0.29, 0.717) is 12.2 Å². The van der Waals surface area contributed by atoms with E-state index in [9.17, 15) is 22.4 Å². The van der Waals surface area contributed by atoms with Crippen LogP contribution in [0.25, 0.3) is 0 Å². The molecule has 2 N–H and O–H groups in total. The van der Waals surface area contributed by atoms with Crippen LogP contribution in [0.1, 0.15) is 13.3 Å². The smallest absolute Gasteiger partial charge is 0.205 e. The number of phenolic OH excluding ortho intramolecular Hbond substituents is 1. The number of halogens is 4. The van der Waals surface area contributed by atoms with Crippen LogP contribution in [0.4, 0.5) is 23.2 Å². The molecule has 106 valence electrons. The van der Waals surface area contributed by atoms with E-state index in [2.05, 4.69) is 5.32 Å². The summed E-state index contributed by atoms with van der Waals surface area (Å²) in [6.07, 6.45) is 0.368. The molecule has 0 unspecified atom stereocenters. The van der Waals surface area contributed by atoms with E-state index in [4.69, 9.17) is 5.11 Å². The molecule has 0 radical (unpaired) electrons. The van der Waals surface area contributed by atoms with Crippen molar-refractivity contribution in [2.45, 2.75) is 13.3 Å². The van der Waals surface area contributed by atoms with E-state index >= 15 is 0 Å². The number of phenols is 1. The fourth-order valence-corrected chi connectivity index (χ4v) is 1.85. The second-order valence-corrected chi connectivity index (χ2v) is 4.87. The summed E-state index contributed by atoms with van der Waals surface area (Å²) in [7, 11) is 0. The molecule has 0 saturated heterocycles. The number of rotatable bonds is 5. The Labute approximate surface area is 111 Å². The zero-order valence-electron chi connectivity index (χ0n) is 9.90. The lowest BCUT2D eigenvalue weighted by Crippen LogP contribution is -2.10. The molecule has 1 rings (SSSR count). The minimum absolute atomic E-state index is 0.0256. The van der Waals surface area contributed by atoms with Crippen LogP contribution < -0.4 is 5.32 Å². The van der Waals surface area contributed by atoms with Crippen LogP contribution >= 0.6 is 11.8 Å². The third-order valence-electron chi connectivity index (χ3n) is 2.17. The first-order valence-electron chi connectivity index (χ1n) is 5.28. The SMILES string of the molecule is CC(=O)SCCCNc1c(F)c(F)c(O)c(F)c1F. The first kappa shape index (κ1) is 15.6. The number of thioether (sulfide) groups is 1. The lowest BCUT2D eigenvalue weighted by Gasteiger charge is -2.10. The molecule has 0 fully saturated rings. The van der Waals surface area contributed by atoms with Crippen LogP contribution in [0.5, 0.6) is 5.75 Å². The standard InChI is InChI=1S/C11H11F4NO2S/c1-5(17)19-4-2-3-16-10-6(12)8(14)11(18)9(15)7(10)13/h16,18H,2-4H2,1H3. The Morgan fingerprint density at radius 3 is 2.16 bits per heavy atom. The lowest BCUT2D eigenvalue weighted by atomic mass is 10.2. The molecule has 8 heteroatoms. The van der Waals surface area contributed by atoms with Gasteiger partial charge in [-0.3, -0.25) is 4.79 Å². The number of hydrogen-bond donors (Lipinski definition) is 2. The van der Waals surface area contributed by atoms with E-state index in [0.717, 1.165) is 11.8 Å². The maximum atomic E-state index is 13.3. The van der Waals surface area contributed by atoms with E-state index in [-0.39, 0.29) is 11.7 Å². The Morgan fingerprint density at radius 1 is 1.16 bits per heavy atom. The molecule has 1 aromatic carbocycles. The zero-order valence-corrected chi connectivity index (χ0v) is 10.7. The number of aromatic hydroxyl groups is 1. The maximum absolute atomic E-state index is 13.3. The summed E-state index contributed by atoms with van der Waals surface area (Å²) in [5, 5.41) is 10.9. The average Bonchev–Trinajstić information content (AvgIpc) is 2.37. The summed E-state index contributed by atoms with van der Waals surface area (Å²) in [5.41, 5.74) is -0.972. The van der Waals surface area contributed by atoms with Crippen molar-refractivity contribution in [3.63, 3.8) is 0 Å². The molecule has 19 heavy (non-hydrogen) atoms. The van der Waals surface area contributed by atoms with E-state index < -0.39 is 34.7 Å². The minimum Gasteiger partial charge on any atom is -0.503 e. The van der Waals surface area contributed by atoms with Crippen molar-refractivity contribution in [1.82, 2.24) is 0 Å². The van der Waals surface area contributed by atoms with E-state index in [1.807, 2.05) is 0 Å². The monoisotopic (exact) mass is 297 g/mol. The van der Waals surface area contributed by atoms with Crippen molar-refractivity contribution >= 4 is 22.6 Å². The van der Waals surface area contributed by atoms with Crippen molar-refractivity contribution < 1.29 is 27.5 Å². The van der Waals surface area contributed by atoms with Gasteiger partial charge in [-0.15, -0.1) is 0 Å². The lowest BCUT2D eigenvalue weighted by molar-refractivity contribution is -0.109. The molecule has 0 aliphatic carbocycles. The largest absolute Gasteiger partial charge is 0.503 e. The number of anilines is 1. The fraction of sp³-hybridized carbons (Fsp3) is 0.364. The van der Waals surface area contributed by atoms with Crippen molar-refractivity contribution in [2.24, 2.45) is 0 Å². The van der Waals surface area contributed by atoms with Crippen LogP contribution in [0.15, 0.2) is 0 Å². The Bertz CT molecular complexity index is 467. The molecule has 0 aliphatic heterocycles. The first-order valence-corrected chi connectivity index (χ1v) is 6.27. The zero-order chi connectivity index (χ0) is 14.6. The molecular formula is C11H11F4NO2S. The highest BCUT2D eigenvalue weighted by Crippen LogP contribution is 2.31. The third-order valence-corrected chi connectivity index (χ3v) is 3.07. The van der Waals surface area contributed by atoms with Crippen LogP contribution in [0, 0.1) is 23.3 Å². The predicted molar refractivity (Wildman–Crippen MR) is 64.2 cm³/mol. The highest BCUT2D eigenvalue weighted by molar-refractivity contribution is 8.13. The second-order valence-electron chi connectivity index (χ2n) is 3.60. The van der Waals surface area contributed by atoms with Crippen molar-refractivity contribution in [3.05, 3.63) is 23.3 Å². The molecule has 0 saturated carbocycles. The van der Waals surface area contributed by atoms with E-state index in [1.54, 1.807) is 0 Å². The van der Waals surface area contributed by atoms with Gasteiger partial charge in [0.15, 0.2) is 22.5 Å². The molecule has 3 nitrogen and oxygen atoms in total. The summed E-state index contributed by atoms with van der Waals surface area (Å²) in [4.78, 5) is 10.6. The maximum Gasteiger partial charge on any atom is 0.205 e. The average molecular weight is 297 g/mol. The third kappa shape index (κ3) is 3.76. The molecular weight excluding hydrogens is 286 g/mol. The second kappa shape index (κ2) is 6.65. The summed E-state index contributed by atoms with van der Waals surface area (Å²) in [5.74, 6) is -8.34. The highest BCUT2D eigenvalue weighted by atomic mass is 32.2. The molecule has 0 bridgehead atoms. The molecule has 1 aromatic rings. The van der Waals surface area contributed by atoms with Crippen molar-refractivity contribution in [2.75, 3.05) is 17.6 Å². The molecule has 0 atom stereocenters. The number of carbonyl (C=O) groups is 1. The van der Waals surface area contributed by atoms with Gasteiger partial charge in [0.1, 0.15) is 5.69 Å². The Kier molecular flexibility index (Phi) is 5.46. The summed E-state index contributed by atoms with van der Waals surface area (Å²) in [6.45, 7) is 1.40. The van der Waals surface area contributed by atoms with Crippen molar-refractivity contribution in [3.8, 4) is 5.75 Å². The van der Waals surface area contributed by atoms with Crippen LogP contribution in [-0.4, -0.2) is 22.5 Å². The van der Waals surface area contributed by atoms with Gasteiger partial charge in [0.25, 0.3) is 0 Å². The van der Waals surface area contributed by atoms with Gasteiger partial charge in [0, 0.05) is 19.2 Å². The van der Waals surface area contributed by atoms with Gasteiger partial charge in [-0.25, -0.2) is 8.78 Å². The Balaban J connectivity index is 2.71. The number of nitrogens with one attached hydrogen (secondary N) is 1. The quantitative estimate of drug-likeness (QED) is 0.379. The summed E-state index contributed by atoms with van der Waals surface area (Å²) >= 11 is 1.03. The minimum atomic E-state index is -1.85. The molecule has 0 aromatic heterocycles. The first-order chi connectivity index (χ1) is 8.86. The molecule has 0 heterocycles. The van der Waals surface area contributed by atoms with Gasteiger partial charge in [-0.2, -0.15) is 8.78 Å². The van der Waals surface area contributed by atoms with Gasteiger partial charge in [0.05, 0.1) is 0 Å². The number of carbonyl (C=O) groups excluding carboxylic acids is 1. The van der Waals surface area contributed by atoms with Gasteiger partial charge in [0.2, 0.25) is 11.6 Å². The number of benzene rings is 1. The molecule has 0 amide bonds. The molecule has 0 aliphatic rings. The van der Waals surface area contributed by atoms with Gasteiger partial charge in [-0.05, 0) is 6.42 Å². The summed E-state index contributed by atoms with van der Waals surface area (Å²) < 4.78 is 52.5. The van der Waals surface area contributed by atoms with Gasteiger partial charge >= 0.3 is 0 Å². The van der Waals surface area contributed by atoms with Crippen molar-refractivity contribution in [1.29, 1.82) is 0 Å². The topological polar surface area (TPSA) is 49.3 Å². The van der Waals surface area contributed by atoms with Crippen LogP contribution in [0.3, 0.4) is 0 Å². The highest BCUT2D eigenvalue weighted by Gasteiger charge is 2.24. The van der Waals surface area contributed by atoms with Crippen LogP contribution in [0.2, 0.25) is 0 Å². The fourth-order valence-electron chi connectivity index (χ4n) is 1.28. The normalized spacial score (nSPS) is 10.6. The van der Waals surface area contributed by atoms with Gasteiger partial charge < -0.3 is 10.4 Å². The van der Waals surface area contributed by atoms with Gasteiger partial charge in [-0.1, -0.05) is 11.8 Å². The number of hydrogen-bond acceptors (Lipinski definition) is 4. The molecule has 0 spiro atoms. The Hall–Kier alpha value is -1.44. The predicted octanol–water partition coefficient (Wildman–Crippen LogP) is 3.03. The summed E-state index contributed by atoms with van der Waals surface area (Å²) in [6, 6.07) is 0. The van der Waals surface area contributed by atoms with E-state index in [1.165, 1.54) is 6.92 Å². The van der Waals surface area contributed by atoms with Crippen LogP contribution in [-0.2, 0) is 4.79 Å². The Morgan fingerprint density at radius 2 is 1.68 bits per heavy atom.